The number of nitrogens with zero attached hydrogens (tertiary/aromatic N) is 2. The van der Waals surface area contributed by atoms with Crippen LogP contribution in [0.15, 0.2) is 41.3 Å². The van der Waals surface area contributed by atoms with E-state index in [-0.39, 0.29) is 26.2 Å². The molecule has 11 heteroatoms. The molecule has 1 aromatic carbocycles. The summed E-state index contributed by atoms with van der Waals surface area (Å²) in [6, 6.07) is 7.88. The van der Waals surface area contributed by atoms with Gasteiger partial charge in [-0.3, -0.25) is 14.2 Å². The number of rotatable bonds is 11. The Morgan fingerprint density at radius 3 is 2.52 bits per heavy atom. The lowest BCUT2D eigenvalue weighted by Crippen LogP contribution is -2.14. The zero-order valence-electron chi connectivity index (χ0n) is 17.6. The molecule has 0 aliphatic rings. The van der Waals surface area contributed by atoms with E-state index in [2.05, 4.69) is 31.1 Å². The maximum atomic E-state index is 13.5. The third-order valence-electron chi connectivity index (χ3n) is 4.66. The number of hydrogen-bond acceptors (Lipinski definition) is 7. The fourth-order valence-electron chi connectivity index (χ4n) is 3.27. The predicted octanol–water partition coefficient (Wildman–Crippen LogP) is 6.03. The normalized spacial score (nSPS) is 14.1. The molecule has 0 radical (unpaired) electrons. The second-order valence-electron chi connectivity index (χ2n) is 6.69. The van der Waals surface area contributed by atoms with Crippen molar-refractivity contribution in [3.8, 4) is 11.1 Å². The molecule has 8 nitrogen and oxygen atoms in total. The first kappa shape index (κ1) is 24.3. The van der Waals surface area contributed by atoms with Crippen LogP contribution in [-0.4, -0.2) is 40.4 Å². The van der Waals surface area contributed by atoms with Crippen molar-refractivity contribution in [1.29, 1.82) is 0 Å². The van der Waals surface area contributed by atoms with Gasteiger partial charge in [0.2, 0.25) is 8.03 Å². The van der Waals surface area contributed by atoms with Crippen LogP contribution in [0.4, 0.5) is 0 Å². The van der Waals surface area contributed by atoms with Gasteiger partial charge in [0.05, 0.1) is 31.5 Å². The van der Waals surface area contributed by atoms with Gasteiger partial charge in [-0.15, -0.1) is 0 Å². The quantitative estimate of drug-likeness (QED) is 0.238. The van der Waals surface area contributed by atoms with Gasteiger partial charge >= 0.3 is 7.60 Å². The number of nitrogens with one attached hydrogen (secondary N) is 1. The lowest BCUT2D eigenvalue weighted by Gasteiger charge is -2.26. The molecular weight excluding hydrogens is 504 g/mol. The summed E-state index contributed by atoms with van der Waals surface area (Å²) in [6.07, 6.45) is 3.68. The maximum absolute atomic E-state index is 13.5. The molecular formula is C20H26BrN3O5P2. The Hall–Kier alpha value is -1.34. The van der Waals surface area contributed by atoms with Crippen molar-refractivity contribution in [2.75, 3.05) is 19.8 Å². The average Bonchev–Trinajstić information content (AvgIpc) is 3.21. The highest BCUT2D eigenvalue weighted by atomic mass is 79.9. The number of aromatic amines is 1. The Bertz CT molecular complexity index is 1100. The van der Waals surface area contributed by atoms with Crippen LogP contribution in [0.25, 0.3) is 22.0 Å². The van der Waals surface area contributed by atoms with Gasteiger partial charge < -0.3 is 13.6 Å². The van der Waals surface area contributed by atoms with Crippen molar-refractivity contribution in [1.82, 2.24) is 15.2 Å². The number of halogens is 1. The number of hydrogen-bond donors (Lipinski definition) is 1. The van der Waals surface area contributed by atoms with E-state index >= 15 is 0 Å². The van der Waals surface area contributed by atoms with E-state index in [0.717, 1.165) is 27.6 Å². The summed E-state index contributed by atoms with van der Waals surface area (Å²) in [4.78, 5) is 4.45. The van der Waals surface area contributed by atoms with Crippen molar-refractivity contribution in [2.24, 2.45) is 0 Å². The van der Waals surface area contributed by atoms with E-state index in [0.29, 0.717) is 4.60 Å². The van der Waals surface area contributed by atoms with Gasteiger partial charge in [-0.2, -0.15) is 5.10 Å². The van der Waals surface area contributed by atoms with Crippen molar-refractivity contribution in [3.05, 3.63) is 46.8 Å². The molecule has 0 amide bonds. The van der Waals surface area contributed by atoms with Crippen LogP contribution in [0.2, 0.25) is 0 Å². The van der Waals surface area contributed by atoms with Gasteiger partial charge in [-0.1, -0.05) is 6.07 Å². The molecule has 0 spiro atoms. The molecule has 2 unspecified atom stereocenters. The van der Waals surface area contributed by atoms with E-state index in [1.807, 2.05) is 24.3 Å². The number of pyridine rings is 1. The summed E-state index contributed by atoms with van der Waals surface area (Å²) < 4.78 is 43.3. The number of benzene rings is 1. The molecule has 0 fully saturated rings. The molecule has 3 aromatic rings. The summed E-state index contributed by atoms with van der Waals surface area (Å²) >= 11 is 3.47. The van der Waals surface area contributed by atoms with Gasteiger partial charge in [0.15, 0.2) is 0 Å². The lowest BCUT2D eigenvalue weighted by atomic mass is 10.0. The molecule has 2 aromatic heterocycles. The van der Waals surface area contributed by atoms with Crippen LogP contribution >= 0.6 is 31.6 Å². The zero-order valence-corrected chi connectivity index (χ0v) is 21.1. The van der Waals surface area contributed by atoms with Crippen molar-refractivity contribution in [3.63, 3.8) is 0 Å². The molecule has 0 saturated heterocycles. The summed E-state index contributed by atoms with van der Waals surface area (Å²) in [6.45, 7) is 5.81. The van der Waals surface area contributed by atoms with Crippen LogP contribution in [0, 0.1) is 0 Å². The minimum atomic E-state index is -3.67. The molecule has 3 rings (SSSR count). The second kappa shape index (κ2) is 11.0. The third kappa shape index (κ3) is 5.72. The van der Waals surface area contributed by atoms with Crippen molar-refractivity contribution in [2.45, 2.75) is 32.6 Å². The number of fused-ring (bicyclic) bond motifs is 1. The molecule has 0 saturated carbocycles. The van der Waals surface area contributed by atoms with E-state index in [1.54, 1.807) is 33.2 Å². The maximum Gasteiger partial charge on any atom is 0.343 e. The Labute approximate surface area is 190 Å². The van der Waals surface area contributed by atoms with Crippen LogP contribution in [0.5, 0.6) is 0 Å². The topological polar surface area (TPSA) is 103 Å². The minimum absolute atomic E-state index is 0.171. The highest BCUT2D eigenvalue weighted by molar-refractivity contribution is 9.10. The molecule has 2 heterocycles. The van der Waals surface area contributed by atoms with Crippen molar-refractivity contribution >= 4 is 42.5 Å². The highest BCUT2D eigenvalue weighted by Crippen LogP contribution is 2.62. The summed E-state index contributed by atoms with van der Waals surface area (Å²) in [5, 5.41) is 7.06. The minimum Gasteiger partial charge on any atom is -0.330 e. The van der Waals surface area contributed by atoms with E-state index in [1.165, 1.54) is 0 Å². The fourth-order valence-corrected chi connectivity index (χ4v) is 7.79. The van der Waals surface area contributed by atoms with E-state index in [9.17, 15) is 9.13 Å². The second-order valence-corrected chi connectivity index (χ2v) is 11.8. The standard InChI is InChI=1S/C20H26BrN3O5P2/c1-4-27-30(25)19(31(26,28-5-2)29-6-3)11-15-10-16(12-22-20(15)21)14-7-8-18-17(9-14)13-23-24-18/h7-10,12-13,19,30H,4-6,11H2,1-3H3,(H,23,24). The summed E-state index contributed by atoms with van der Waals surface area (Å²) in [5.74, 6) is 0. The third-order valence-corrected chi connectivity index (χ3v) is 10.5. The highest BCUT2D eigenvalue weighted by Gasteiger charge is 2.41. The van der Waals surface area contributed by atoms with Gasteiger partial charge in [-0.25, -0.2) is 4.98 Å². The van der Waals surface area contributed by atoms with Crippen LogP contribution in [-0.2, 0) is 29.1 Å². The smallest absolute Gasteiger partial charge is 0.330 e. The lowest BCUT2D eigenvalue weighted by molar-refractivity contribution is 0.215. The molecule has 1 N–H and O–H groups in total. The first-order valence-electron chi connectivity index (χ1n) is 10.0. The average molecular weight is 530 g/mol. The van der Waals surface area contributed by atoms with Gasteiger partial charge in [-0.05, 0) is 72.4 Å². The van der Waals surface area contributed by atoms with Gasteiger partial charge in [0.1, 0.15) is 10.0 Å². The molecule has 2 atom stereocenters. The number of H-pyrrole nitrogens is 1. The molecule has 168 valence electrons. The predicted molar refractivity (Wildman–Crippen MR) is 126 cm³/mol. The molecule has 0 aliphatic carbocycles. The largest absolute Gasteiger partial charge is 0.343 e. The van der Waals surface area contributed by atoms with E-state index < -0.39 is 21.0 Å². The van der Waals surface area contributed by atoms with Crippen LogP contribution < -0.4 is 0 Å². The molecule has 0 bridgehead atoms. The Morgan fingerprint density at radius 2 is 1.84 bits per heavy atom. The zero-order chi connectivity index (χ0) is 22.4. The van der Waals surface area contributed by atoms with Crippen molar-refractivity contribution < 1.29 is 22.7 Å². The van der Waals surface area contributed by atoms with Crippen LogP contribution in [0.1, 0.15) is 26.3 Å². The van der Waals surface area contributed by atoms with Gasteiger partial charge in [0.25, 0.3) is 0 Å². The van der Waals surface area contributed by atoms with E-state index in [4.69, 9.17) is 13.6 Å². The fraction of sp³-hybridized carbons (Fsp3) is 0.400. The Kier molecular flexibility index (Phi) is 8.62. The molecule has 31 heavy (non-hydrogen) atoms. The summed E-state index contributed by atoms with van der Waals surface area (Å²) in [7, 11) is -6.38. The first-order chi connectivity index (χ1) is 14.9. The number of aromatic nitrogens is 3. The molecule has 0 aliphatic heterocycles. The summed E-state index contributed by atoms with van der Waals surface area (Å²) in [5.41, 5.74) is 3.52. The van der Waals surface area contributed by atoms with Gasteiger partial charge in [0, 0.05) is 17.1 Å². The monoisotopic (exact) mass is 529 g/mol. The Morgan fingerprint density at radius 1 is 1.10 bits per heavy atom. The Balaban J connectivity index is 1.99. The van der Waals surface area contributed by atoms with Crippen LogP contribution in [0.3, 0.4) is 0 Å². The SMILES string of the molecule is CCO[PH](=O)C(Cc1cc(-c2ccc3[nH]ncc3c2)cnc1Br)P(=O)(OCC)OCC. The first-order valence-corrected chi connectivity index (χ1v) is 13.8.